The lowest BCUT2D eigenvalue weighted by atomic mass is 9.98. The predicted molar refractivity (Wildman–Crippen MR) is 95.0 cm³/mol. The van der Waals surface area contributed by atoms with Crippen molar-refractivity contribution in [1.82, 2.24) is 4.98 Å². The molecule has 0 radical (unpaired) electrons. The topological polar surface area (TPSA) is 28.3 Å². The van der Waals surface area contributed by atoms with Crippen LogP contribution in [0.4, 0.5) is 4.39 Å². The van der Waals surface area contributed by atoms with Crippen molar-refractivity contribution in [3.05, 3.63) is 71.3 Å². The molecule has 118 valence electrons. The Morgan fingerprint density at radius 2 is 2.08 bits per heavy atom. The van der Waals surface area contributed by atoms with Crippen LogP contribution in [0.5, 0.6) is 0 Å². The lowest BCUT2D eigenvalue weighted by Gasteiger charge is -2.13. The molecule has 3 heterocycles. The zero-order valence-corrected chi connectivity index (χ0v) is 13.7. The number of allylic oxidation sites excluding steroid dienone is 2. The number of pyridine rings is 1. The molecule has 4 rings (SSSR count). The van der Waals surface area contributed by atoms with Crippen molar-refractivity contribution in [2.24, 2.45) is 4.99 Å². The van der Waals surface area contributed by atoms with E-state index in [2.05, 4.69) is 14.6 Å². The molecule has 1 aromatic heterocycles. The summed E-state index contributed by atoms with van der Waals surface area (Å²) in [6.45, 7) is 2.01. The van der Waals surface area contributed by atoms with Crippen LogP contribution in [0.1, 0.15) is 12.5 Å². The van der Waals surface area contributed by atoms with E-state index < -0.39 is 0 Å². The molecule has 2 aliphatic rings. The number of hydrogen-bond acceptors (Lipinski definition) is 2. The van der Waals surface area contributed by atoms with Crippen LogP contribution in [-0.2, 0) is 0 Å². The second-order valence-corrected chi connectivity index (χ2v) is 6.14. The van der Waals surface area contributed by atoms with E-state index in [1.165, 1.54) is 12.1 Å². The third kappa shape index (κ3) is 2.49. The van der Waals surface area contributed by atoms with Gasteiger partial charge in [-0.05, 0) is 30.3 Å². The number of halogens is 2. The maximum absolute atomic E-state index is 14.3. The van der Waals surface area contributed by atoms with Crippen LogP contribution in [0.3, 0.4) is 0 Å². The summed E-state index contributed by atoms with van der Waals surface area (Å²) in [4.78, 5) is 8.81. The van der Waals surface area contributed by atoms with Crippen molar-refractivity contribution >= 4 is 29.1 Å². The lowest BCUT2D eigenvalue weighted by molar-refractivity contribution is -0.479. The fourth-order valence-electron chi connectivity index (χ4n) is 2.93. The van der Waals surface area contributed by atoms with Crippen molar-refractivity contribution in [1.29, 1.82) is 0 Å². The van der Waals surface area contributed by atoms with Gasteiger partial charge in [-0.1, -0.05) is 17.7 Å². The van der Waals surface area contributed by atoms with Crippen LogP contribution in [0, 0.1) is 5.82 Å². The normalized spacial score (nSPS) is 18.8. The average molecular weight is 339 g/mol. The minimum absolute atomic E-state index is 0.0109. The quantitative estimate of drug-likeness (QED) is 0.749. The fourth-order valence-corrected chi connectivity index (χ4v) is 3.10. The predicted octanol–water partition coefficient (Wildman–Crippen LogP) is 4.34. The summed E-state index contributed by atoms with van der Waals surface area (Å²) in [6.07, 6.45) is 9.57. The molecule has 2 aliphatic heterocycles. The van der Waals surface area contributed by atoms with Gasteiger partial charge in [-0.25, -0.2) is 9.38 Å². The van der Waals surface area contributed by atoms with E-state index in [9.17, 15) is 4.39 Å². The van der Waals surface area contributed by atoms with Gasteiger partial charge in [-0.2, -0.15) is 4.58 Å². The van der Waals surface area contributed by atoms with Crippen molar-refractivity contribution in [2.75, 3.05) is 0 Å². The SMILES string of the molecule is CC1=[N+]2C=C(c3cccnc3-c3cc(Cl)ccc3F)C=CC2N=C1. The van der Waals surface area contributed by atoms with E-state index in [-0.39, 0.29) is 12.0 Å². The van der Waals surface area contributed by atoms with Crippen LogP contribution < -0.4 is 0 Å². The molecule has 0 fully saturated rings. The summed E-state index contributed by atoms with van der Waals surface area (Å²) in [5, 5.41) is 0.480. The molecule has 0 amide bonds. The first-order chi connectivity index (χ1) is 11.6. The first kappa shape index (κ1) is 15.0. The van der Waals surface area contributed by atoms with Crippen molar-refractivity contribution in [3.8, 4) is 11.3 Å². The number of aromatic nitrogens is 1. The average Bonchev–Trinajstić information content (AvgIpc) is 2.98. The molecule has 1 aromatic carbocycles. The number of rotatable bonds is 2. The maximum Gasteiger partial charge on any atom is 0.270 e. The minimum atomic E-state index is -0.343. The Morgan fingerprint density at radius 1 is 1.21 bits per heavy atom. The molecule has 5 heteroatoms. The second kappa shape index (κ2) is 5.80. The number of benzene rings is 1. The molecule has 0 bridgehead atoms. The lowest BCUT2D eigenvalue weighted by Crippen LogP contribution is -2.20. The van der Waals surface area contributed by atoms with Gasteiger partial charge >= 0.3 is 0 Å². The smallest absolute Gasteiger partial charge is 0.255 e. The fraction of sp³-hybridized carbons (Fsp3) is 0.105. The summed E-state index contributed by atoms with van der Waals surface area (Å²) in [6, 6.07) is 8.29. The summed E-state index contributed by atoms with van der Waals surface area (Å²) >= 11 is 6.05. The molecule has 1 unspecified atom stereocenters. The highest BCUT2D eigenvalue weighted by Crippen LogP contribution is 2.32. The molecule has 0 aliphatic carbocycles. The zero-order chi connectivity index (χ0) is 16.7. The molecular weight excluding hydrogens is 325 g/mol. The summed E-state index contributed by atoms with van der Waals surface area (Å²) in [5.74, 6) is -0.343. The van der Waals surface area contributed by atoms with E-state index in [1.54, 1.807) is 12.3 Å². The molecule has 0 saturated heterocycles. The highest BCUT2D eigenvalue weighted by atomic mass is 35.5. The van der Waals surface area contributed by atoms with Gasteiger partial charge in [0, 0.05) is 40.9 Å². The second-order valence-electron chi connectivity index (χ2n) is 5.71. The molecule has 0 spiro atoms. The zero-order valence-electron chi connectivity index (χ0n) is 12.9. The van der Waals surface area contributed by atoms with Gasteiger partial charge in [0.1, 0.15) is 5.82 Å². The molecule has 2 aromatic rings. The number of fused-ring (bicyclic) bond motifs is 1. The van der Waals surface area contributed by atoms with Gasteiger partial charge in [0.25, 0.3) is 6.17 Å². The largest absolute Gasteiger partial charge is 0.270 e. The molecule has 24 heavy (non-hydrogen) atoms. The Hall–Kier alpha value is -2.59. The summed E-state index contributed by atoms with van der Waals surface area (Å²) in [7, 11) is 0. The molecular formula is C19H14ClFN3+. The highest BCUT2D eigenvalue weighted by molar-refractivity contribution is 6.30. The van der Waals surface area contributed by atoms with Crippen molar-refractivity contribution in [3.63, 3.8) is 0 Å². The third-order valence-electron chi connectivity index (χ3n) is 4.13. The Bertz CT molecular complexity index is 957. The number of nitrogens with zero attached hydrogens (tertiary/aromatic N) is 3. The maximum atomic E-state index is 14.3. The van der Waals surface area contributed by atoms with Crippen LogP contribution >= 0.6 is 11.6 Å². The van der Waals surface area contributed by atoms with E-state index in [0.29, 0.717) is 16.3 Å². The van der Waals surface area contributed by atoms with Gasteiger partial charge in [-0.3, -0.25) is 4.98 Å². The molecule has 3 nitrogen and oxygen atoms in total. The molecule has 0 N–H and O–H groups in total. The Balaban J connectivity index is 1.87. The first-order valence-corrected chi connectivity index (χ1v) is 7.97. The van der Waals surface area contributed by atoms with Crippen LogP contribution in [0.2, 0.25) is 5.02 Å². The van der Waals surface area contributed by atoms with Gasteiger partial charge in [0.15, 0.2) is 11.9 Å². The van der Waals surface area contributed by atoms with Crippen LogP contribution in [-0.4, -0.2) is 27.7 Å². The van der Waals surface area contributed by atoms with E-state index in [0.717, 1.165) is 16.8 Å². The molecule has 0 saturated carbocycles. The summed E-state index contributed by atoms with van der Waals surface area (Å²) in [5.41, 5.74) is 3.85. The Labute approximate surface area is 144 Å². The van der Waals surface area contributed by atoms with E-state index >= 15 is 0 Å². The standard InChI is InChI=1S/C19H14ClFN3/c1-12-10-23-18-7-4-13(11-24(12)18)15-3-2-8-22-19(15)16-9-14(20)5-6-17(16)21/h2-11,18H,1H3/q+1. The first-order valence-electron chi connectivity index (χ1n) is 7.59. The number of aliphatic imine (C=N–C) groups is 1. The Morgan fingerprint density at radius 3 is 2.96 bits per heavy atom. The number of hydrogen-bond donors (Lipinski definition) is 0. The summed E-state index contributed by atoms with van der Waals surface area (Å²) < 4.78 is 16.4. The van der Waals surface area contributed by atoms with Crippen molar-refractivity contribution in [2.45, 2.75) is 13.1 Å². The highest BCUT2D eigenvalue weighted by Gasteiger charge is 2.27. The van der Waals surface area contributed by atoms with Crippen LogP contribution in [0.15, 0.2) is 59.9 Å². The molecule has 1 atom stereocenters. The third-order valence-corrected chi connectivity index (χ3v) is 4.37. The monoisotopic (exact) mass is 338 g/mol. The Kier molecular flexibility index (Phi) is 3.62. The van der Waals surface area contributed by atoms with Crippen molar-refractivity contribution < 1.29 is 8.97 Å². The van der Waals surface area contributed by atoms with Gasteiger partial charge in [0.2, 0.25) is 0 Å². The van der Waals surface area contributed by atoms with Gasteiger partial charge in [-0.15, -0.1) is 0 Å². The van der Waals surface area contributed by atoms with Gasteiger partial charge < -0.3 is 0 Å². The van der Waals surface area contributed by atoms with E-state index in [4.69, 9.17) is 11.6 Å². The van der Waals surface area contributed by atoms with E-state index in [1.807, 2.05) is 43.6 Å². The minimum Gasteiger partial charge on any atom is -0.255 e. The van der Waals surface area contributed by atoms with Gasteiger partial charge in [0.05, 0.1) is 11.9 Å². The van der Waals surface area contributed by atoms with Crippen LogP contribution in [0.25, 0.3) is 16.8 Å².